The molecule has 2 aliphatic rings. The van der Waals surface area contributed by atoms with Gasteiger partial charge < -0.3 is 0 Å². The first-order valence-electron chi connectivity index (χ1n) is 7.07. The SMILES string of the molecule is O=C1[C@@H]2[C@H](C(=O)N1c1cc(Cl)cc(Cl)c1)[C@@H]2c1ccc(Br)cc1. The van der Waals surface area contributed by atoms with Gasteiger partial charge in [-0.1, -0.05) is 51.3 Å². The van der Waals surface area contributed by atoms with Gasteiger partial charge in [0, 0.05) is 20.4 Å². The van der Waals surface area contributed by atoms with Gasteiger partial charge in [-0.15, -0.1) is 0 Å². The van der Waals surface area contributed by atoms with E-state index in [1.807, 2.05) is 24.3 Å². The predicted molar refractivity (Wildman–Crippen MR) is 92.8 cm³/mol. The third-order valence-corrected chi connectivity index (χ3v) is 5.36. The van der Waals surface area contributed by atoms with Crippen LogP contribution >= 0.6 is 39.1 Å². The Morgan fingerprint density at radius 3 is 1.87 bits per heavy atom. The Kier molecular flexibility index (Phi) is 3.52. The lowest BCUT2D eigenvalue weighted by Crippen LogP contribution is -2.34. The fourth-order valence-corrected chi connectivity index (χ4v) is 4.13. The third-order valence-electron chi connectivity index (χ3n) is 4.39. The smallest absolute Gasteiger partial charge is 0.238 e. The summed E-state index contributed by atoms with van der Waals surface area (Å²) in [6, 6.07) is 12.5. The third kappa shape index (κ3) is 2.40. The lowest BCUT2D eigenvalue weighted by molar-refractivity contribution is -0.123. The van der Waals surface area contributed by atoms with Crippen LogP contribution in [0.5, 0.6) is 0 Å². The van der Waals surface area contributed by atoms with Crippen molar-refractivity contribution in [3.8, 4) is 0 Å². The second kappa shape index (κ2) is 5.33. The van der Waals surface area contributed by atoms with Crippen molar-refractivity contribution >= 4 is 56.6 Å². The van der Waals surface area contributed by atoms with Gasteiger partial charge in [-0.2, -0.15) is 0 Å². The highest BCUT2D eigenvalue weighted by atomic mass is 79.9. The van der Waals surface area contributed by atoms with Crippen molar-refractivity contribution < 1.29 is 9.59 Å². The molecule has 1 heterocycles. The summed E-state index contributed by atoms with van der Waals surface area (Å²) in [5.41, 5.74) is 1.47. The summed E-state index contributed by atoms with van der Waals surface area (Å²) in [5, 5.41) is 0.802. The molecule has 116 valence electrons. The number of imide groups is 1. The van der Waals surface area contributed by atoms with Crippen LogP contribution in [-0.4, -0.2) is 11.8 Å². The van der Waals surface area contributed by atoms with Crippen molar-refractivity contribution in [1.29, 1.82) is 0 Å². The molecule has 3 atom stereocenters. The van der Waals surface area contributed by atoms with E-state index in [0.717, 1.165) is 10.0 Å². The van der Waals surface area contributed by atoms with Crippen molar-refractivity contribution in [3.63, 3.8) is 0 Å². The van der Waals surface area contributed by atoms with Crippen molar-refractivity contribution in [3.05, 3.63) is 62.5 Å². The molecule has 0 radical (unpaired) electrons. The molecule has 3 nitrogen and oxygen atoms in total. The zero-order valence-electron chi connectivity index (χ0n) is 11.7. The first kappa shape index (κ1) is 15.2. The maximum Gasteiger partial charge on any atom is 0.238 e. The Morgan fingerprint density at radius 1 is 0.826 bits per heavy atom. The highest BCUT2D eigenvalue weighted by Crippen LogP contribution is 2.60. The molecule has 1 aliphatic heterocycles. The van der Waals surface area contributed by atoms with E-state index in [-0.39, 0.29) is 29.6 Å². The van der Waals surface area contributed by atoms with Crippen molar-refractivity contribution in [1.82, 2.24) is 0 Å². The zero-order valence-corrected chi connectivity index (χ0v) is 14.8. The van der Waals surface area contributed by atoms with Gasteiger partial charge in [-0.05, 0) is 35.9 Å². The molecule has 2 aromatic rings. The monoisotopic (exact) mass is 409 g/mol. The molecule has 2 aromatic carbocycles. The molecule has 0 spiro atoms. The summed E-state index contributed by atoms with van der Waals surface area (Å²) >= 11 is 15.3. The van der Waals surface area contributed by atoms with Gasteiger partial charge in [-0.3, -0.25) is 9.59 Å². The van der Waals surface area contributed by atoms with E-state index < -0.39 is 0 Å². The number of amides is 2. The number of hydrogen-bond acceptors (Lipinski definition) is 2. The van der Waals surface area contributed by atoms with Crippen LogP contribution in [0.1, 0.15) is 11.5 Å². The average molecular weight is 411 g/mol. The van der Waals surface area contributed by atoms with Gasteiger partial charge in [0.2, 0.25) is 11.8 Å². The van der Waals surface area contributed by atoms with Crippen LogP contribution in [0.3, 0.4) is 0 Å². The van der Waals surface area contributed by atoms with Crippen LogP contribution in [0.4, 0.5) is 5.69 Å². The summed E-state index contributed by atoms with van der Waals surface area (Å²) in [7, 11) is 0. The minimum Gasteiger partial charge on any atom is -0.274 e. The Bertz CT molecular complexity index is 795. The fourth-order valence-electron chi connectivity index (χ4n) is 3.35. The van der Waals surface area contributed by atoms with E-state index in [0.29, 0.717) is 15.7 Å². The fraction of sp³-hybridized carbons (Fsp3) is 0.176. The van der Waals surface area contributed by atoms with E-state index in [9.17, 15) is 9.59 Å². The van der Waals surface area contributed by atoms with E-state index >= 15 is 0 Å². The van der Waals surface area contributed by atoms with Crippen molar-refractivity contribution in [2.45, 2.75) is 5.92 Å². The number of rotatable bonds is 2. The topological polar surface area (TPSA) is 37.4 Å². The first-order valence-corrected chi connectivity index (χ1v) is 8.61. The molecule has 2 fully saturated rings. The molecule has 2 amide bonds. The molecule has 1 saturated carbocycles. The van der Waals surface area contributed by atoms with E-state index in [1.54, 1.807) is 18.2 Å². The second-order valence-corrected chi connectivity index (χ2v) is 7.56. The van der Waals surface area contributed by atoms with E-state index in [2.05, 4.69) is 15.9 Å². The number of carbonyl (C=O) groups excluding carboxylic acids is 2. The average Bonchev–Trinajstić information content (AvgIpc) is 3.16. The largest absolute Gasteiger partial charge is 0.274 e. The number of anilines is 1. The molecular weight excluding hydrogens is 401 g/mol. The number of carbonyl (C=O) groups is 2. The predicted octanol–water partition coefficient (Wildman–Crippen LogP) is 4.66. The lowest BCUT2D eigenvalue weighted by Gasteiger charge is -2.19. The molecule has 0 N–H and O–H groups in total. The molecule has 4 rings (SSSR count). The molecule has 0 bridgehead atoms. The maximum absolute atomic E-state index is 12.6. The van der Waals surface area contributed by atoms with Crippen molar-refractivity contribution in [2.75, 3.05) is 4.90 Å². The maximum atomic E-state index is 12.6. The van der Waals surface area contributed by atoms with Gasteiger partial charge >= 0.3 is 0 Å². The number of piperidine rings is 1. The van der Waals surface area contributed by atoms with Crippen LogP contribution in [0.15, 0.2) is 46.9 Å². The van der Waals surface area contributed by atoms with Crippen LogP contribution in [0.25, 0.3) is 0 Å². The molecule has 1 saturated heterocycles. The summed E-state index contributed by atoms with van der Waals surface area (Å²) in [6.07, 6.45) is 0. The van der Waals surface area contributed by atoms with Crippen molar-refractivity contribution in [2.24, 2.45) is 11.8 Å². The van der Waals surface area contributed by atoms with Crippen LogP contribution in [0.2, 0.25) is 10.0 Å². The molecule has 0 aromatic heterocycles. The number of benzene rings is 2. The molecule has 0 unspecified atom stereocenters. The Morgan fingerprint density at radius 2 is 1.35 bits per heavy atom. The molecule has 23 heavy (non-hydrogen) atoms. The quantitative estimate of drug-likeness (QED) is 0.675. The number of halogens is 3. The molecular formula is C17H10BrCl2NO2. The molecule has 6 heteroatoms. The normalized spacial score (nSPS) is 25.7. The Balaban J connectivity index is 1.64. The lowest BCUT2D eigenvalue weighted by atomic mass is 10.1. The number of hydrogen-bond donors (Lipinski definition) is 0. The standard InChI is InChI=1S/C17H10BrCl2NO2/c18-9-3-1-8(2-4-9)13-14-15(13)17(23)21(16(14)22)12-6-10(19)5-11(20)7-12/h1-7,13-15H/t13-,14+,15-. The Hall–Kier alpha value is -1.36. The molecule has 1 aliphatic carbocycles. The minimum absolute atomic E-state index is 0.0194. The first-order chi connectivity index (χ1) is 11.0. The van der Waals surface area contributed by atoms with Gasteiger partial charge in [-0.25, -0.2) is 4.90 Å². The minimum atomic E-state index is -0.276. The highest BCUT2D eigenvalue weighted by molar-refractivity contribution is 9.10. The second-order valence-electron chi connectivity index (χ2n) is 5.77. The van der Waals surface area contributed by atoms with Gasteiger partial charge in [0.25, 0.3) is 0 Å². The van der Waals surface area contributed by atoms with E-state index in [1.165, 1.54) is 4.90 Å². The van der Waals surface area contributed by atoms with Gasteiger partial charge in [0.05, 0.1) is 17.5 Å². The van der Waals surface area contributed by atoms with Crippen LogP contribution in [-0.2, 0) is 9.59 Å². The Labute approximate surface area is 151 Å². The number of nitrogens with zero attached hydrogens (tertiary/aromatic N) is 1. The van der Waals surface area contributed by atoms with E-state index in [4.69, 9.17) is 23.2 Å². The van der Waals surface area contributed by atoms with Gasteiger partial charge in [0.15, 0.2) is 0 Å². The van der Waals surface area contributed by atoms with Gasteiger partial charge in [0.1, 0.15) is 0 Å². The summed E-state index contributed by atoms with van der Waals surface area (Å²) < 4.78 is 0.972. The van der Waals surface area contributed by atoms with Crippen LogP contribution in [0, 0.1) is 11.8 Å². The highest BCUT2D eigenvalue weighted by Gasteiger charge is 2.67. The summed E-state index contributed by atoms with van der Waals surface area (Å²) in [6.45, 7) is 0. The number of fused-ring (bicyclic) bond motifs is 1. The van der Waals surface area contributed by atoms with Crippen LogP contribution < -0.4 is 4.90 Å². The summed E-state index contributed by atoms with van der Waals surface area (Å²) in [4.78, 5) is 26.5. The zero-order chi connectivity index (χ0) is 16.3. The summed E-state index contributed by atoms with van der Waals surface area (Å²) in [5.74, 6) is -0.922.